The van der Waals surface area contributed by atoms with Crippen molar-refractivity contribution in [2.24, 2.45) is 0 Å². The van der Waals surface area contributed by atoms with Crippen molar-refractivity contribution >= 4 is 11.6 Å². The first kappa shape index (κ1) is 15.8. The molecule has 0 aliphatic carbocycles. The number of likely N-dealkylation sites (N-methyl/N-ethyl adjacent to an activating group) is 1. The van der Waals surface area contributed by atoms with Gasteiger partial charge in [-0.3, -0.25) is 0 Å². The normalized spacial score (nSPS) is 12.2. The Labute approximate surface area is 129 Å². The van der Waals surface area contributed by atoms with Crippen LogP contribution in [0.1, 0.15) is 22.7 Å². The quantitative estimate of drug-likeness (QED) is 0.889. The molecule has 0 fully saturated rings. The minimum atomic E-state index is -0.390. The highest BCUT2D eigenvalue weighted by molar-refractivity contribution is 6.30. The third-order valence-electron chi connectivity index (χ3n) is 3.61. The van der Waals surface area contributed by atoms with E-state index in [1.165, 1.54) is 6.07 Å². The van der Waals surface area contributed by atoms with Crippen LogP contribution in [0.25, 0.3) is 0 Å². The Kier molecular flexibility index (Phi) is 5.21. The summed E-state index contributed by atoms with van der Waals surface area (Å²) in [5.74, 6) is 0.475. The Morgan fingerprint density at radius 1 is 1.24 bits per heavy atom. The fraction of sp³-hybridized carbons (Fsp3) is 0.294. The summed E-state index contributed by atoms with van der Waals surface area (Å²) in [6.07, 6.45) is 0.725. The van der Waals surface area contributed by atoms with Crippen molar-refractivity contribution in [3.63, 3.8) is 0 Å². The van der Waals surface area contributed by atoms with Gasteiger partial charge >= 0.3 is 0 Å². The van der Waals surface area contributed by atoms with Crippen molar-refractivity contribution in [3.05, 3.63) is 63.9 Å². The molecule has 4 heteroatoms. The number of aryl methyl sites for hydroxylation is 1. The molecule has 0 radical (unpaired) electrons. The molecule has 0 spiro atoms. The van der Waals surface area contributed by atoms with E-state index in [1.54, 1.807) is 19.2 Å². The lowest BCUT2D eigenvalue weighted by Gasteiger charge is -2.18. The molecule has 1 unspecified atom stereocenters. The summed E-state index contributed by atoms with van der Waals surface area (Å²) in [7, 11) is 3.57. The first-order valence-electron chi connectivity index (χ1n) is 6.81. The van der Waals surface area contributed by atoms with Gasteiger partial charge in [-0.15, -0.1) is 0 Å². The summed E-state index contributed by atoms with van der Waals surface area (Å²) in [6, 6.07) is 11.1. The van der Waals surface area contributed by atoms with Gasteiger partial charge in [0.2, 0.25) is 0 Å². The van der Waals surface area contributed by atoms with Crippen LogP contribution in [0.5, 0.6) is 5.75 Å². The summed E-state index contributed by atoms with van der Waals surface area (Å²) in [6.45, 7) is 2.01. The molecule has 0 heterocycles. The molecule has 112 valence electrons. The zero-order chi connectivity index (χ0) is 15.4. The van der Waals surface area contributed by atoms with E-state index in [4.69, 9.17) is 16.3 Å². The van der Waals surface area contributed by atoms with Crippen LogP contribution in [-0.4, -0.2) is 14.2 Å². The number of halogens is 2. The van der Waals surface area contributed by atoms with E-state index in [-0.39, 0.29) is 11.1 Å². The molecule has 0 aromatic heterocycles. The number of rotatable bonds is 5. The second kappa shape index (κ2) is 6.92. The van der Waals surface area contributed by atoms with Gasteiger partial charge in [0.05, 0.1) is 12.1 Å². The van der Waals surface area contributed by atoms with Gasteiger partial charge in [-0.2, -0.15) is 0 Å². The number of benzene rings is 2. The molecule has 0 saturated heterocycles. The van der Waals surface area contributed by atoms with Crippen molar-refractivity contribution < 1.29 is 9.13 Å². The highest BCUT2D eigenvalue weighted by Crippen LogP contribution is 2.26. The number of methoxy groups -OCH3 is 1. The van der Waals surface area contributed by atoms with Crippen LogP contribution < -0.4 is 10.1 Å². The van der Waals surface area contributed by atoms with Gasteiger partial charge in [-0.05, 0) is 55.3 Å². The van der Waals surface area contributed by atoms with Crippen molar-refractivity contribution in [3.8, 4) is 5.75 Å². The third kappa shape index (κ3) is 3.74. The minimum absolute atomic E-state index is 0.112. The van der Waals surface area contributed by atoms with Crippen molar-refractivity contribution in [1.82, 2.24) is 5.32 Å². The van der Waals surface area contributed by atoms with Crippen molar-refractivity contribution in [1.29, 1.82) is 0 Å². The van der Waals surface area contributed by atoms with Gasteiger partial charge < -0.3 is 10.1 Å². The van der Waals surface area contributed by atoms with Gasteiger partial charge in [0, 0.05) is 6.04 Å². The molecule has 0 aliphatic rings. The first-order valence-corrected chi connectivity index (χ1v) is 7.18. The van der Waals surface area contributed by atoms with Crippen LogP contribution in [0.4, 0.5) is 4.39 Å². The second-order valence-electron chi connectivity index (χ2n) is 5.02. The lowest BCUT2D eigenvalue weighted by atomic mass is 9.97. The lowest BCUT2D eigenvalue weighted by Crippen LogP contribution is -2.19. The maximum atomic E-state index is 13.2. The Balaban J connectivity index is 2.25. The van der Waals surface area contributed by atoms with Gasteiger partial charge in [0.15, 0.2) is 0 Å². The summed E-state index contributed by atoms with van der Waals surface area (Å²) < 4.78 is 18.6. The van der Waals surface area contributed by atoms with Crippen LogP contribution in [0, 0.1) is 12.7 Å². The molecule has 2 aromatic carbocycles. The molecule has 0 saturated carbocycles. The van der Waals surface area contributed by atoms with E-state index >= 15 is 0 Å². The van der Waals surface area contributed by atoms with Crippen molar-refractivity contribution in [2.75, 3.05) is 14.2 Å². The molecule has 0 aliphatic heterocycles. The summed E-state index contributed by atoms with van der Waals surface area (Å²) in [5, 5.41) is 3.44. The smallest absolute Gasteiger partial charge is 0.141 e. The summed E-state index contributed by atoms with van der Waals surface area (Å²) >= 11 is 5.84. The molecule has 1 atom stereocenters. The molecule has 1 N–H and O–H groups in total. The Morgan fingerprint density at radius 3 is 2.62 bits per heavy atom. The molecule has 0 amide bonds. The second-order valence-corrected chi connectivity index (χ2v) is 5.43. The maximum Gasteiger partial charge on any atom is 0.141 e. The lowest BCUT2D eigenvalue weighted by molar-refractivity contribution is 0.410. The number of ether oxygens (including phenoxy) is 1. The number of hydrogen-bond acceptors (Lipinski definition) is 2. The first-order chi connectivity index (χ1) is 10.0. The molecular weight excluding hydrogens is 289 g/mol. The predicted molar refractivity (Wildman–Crippen MR) is 84.6 cm³/mol. The van der Waals surface area contributed by atoms with E-state index in [9.17, 15) is 4.39 Å². The van der Waals surface area contributed by atoms with Gasteiger partial charge in [-0.25, -0.2) is 4.39 Å². The number of nitrogens with one attached hydrogen (secondary N) is 1. The molecule has 21 heavy (non-hydrogen) atoms. The van der Waals surface area contributed by atoms with E-state index in [0.717, 1.165) is 28.9 Å². The third-order valence-corrected chi connectivity index (χ3v) is 3.90. The summed E-state index contributed by atoms with van der Waals surface area (Å²) in [5.41, 5.74) is 3.21. The summed E-state index contributed by atoms with van der Waals surface area (Å²) in [4.78, 5) is 0. The minimum Gasteiger partial charge on any atom is -0.496 e. The molecule has 0 bridgehead atoms. The van der Waals surface area contributed by atoms with Gasteiger partial charge in [0.1, 0.15) is 11.6 Å². The Hall–Kier alpha value is -1.58. The topological polar surface area (TPSA) is 21.3 Å². The van der Waals surface area contributed by atoms with Crippen molar-refractivity contribution in [2.45, 2.75) is 19.4 Å². The van der Waals surface area contributed by atoms with Crippen LogP contribution in [-0.2, 0) is 6.42 Å². The molecule has 2 nitrogen and oxygen atoms in total. The van der Waals surface area contributed by atoms with Crippen LogP contribution >= 0.6 is 11.6 Å². The van der Waals surface area contributed by atoms with E-state index in [2.05, 4.69) is 11.4 Å². The standard InChI is InChI=1S/C17H19ClFNO/c1-11-4-6-13(10-17(11)21-3)16(20-2)9-12-5-7-15(19)14(18)8-12/h4-8,10,16,20H,9H2,1-3H3. The highest BCUT2D eigenvalue weighted by atomic mass is 35.5. The molecule has 2 aromatic rings. The largest absolute Gasteiger partial charge is 0.496 e. The van der Waals surface area contributed by atoms with E-state index in [0.29, 0.717) is 0 Å². The monoisotopic (exact) mass is 307 g/mol. The maximum absolute atomic E-state index is 13.2. The average Bonchev–Trinajstić information content (AvgIpc) is 2.49. The Morgan fingerprint density at radius 2 is 2.00 bits per heavy atom. The average molecular weight is 308 g/mol. The fourth-order valence-corrected chi connectivity index (χ4v) is 2.55. The zero-order valence-electron chi connectivity index (χ0n) is 12.4. The van der Waals surface area contributed by atoms with Gasteiger partial charge in [0.25, 0.3) is 0 Å². The SMILES string of the molecule is CNC(Cc1ccc(F)c(Cl)c1)c1ccc(C)c(OC)c1. The number of hydrogen-bond donors (Lipinski definition) is 1. The highest BCUT2D eigenvalue weighted by Gasteiger charge is 2.13. The van der Waals surface area contributed by atoms with E-state index < -0.39 is 5.82 Å². The molecular formula is C17H19ClFNO. The predicted octanol–water partition coefficient (Wildman–Crippen LogP) is 4.30. The van der Waals surface area contributed by atoms with Crippen LogP contribution in [0.2, 0.25) is 5.02 Å². The van der Waals surface area contributed by atoms with Crippen LogP contribution in [0.3, 0.4) is 0 Å². The van der Waals surface area contributed by atoms with Crippen LogP contribution in [0.15, 0.2) is 36.4 Å². The molecule has 2 rings (SSSR count). The Bertz CT molecular complexity index is 630. The van der Waals surface area contributed by atoms with E-state index in [1.807, 2.05) is 26.1 Å². The fourth-order valence-electron chi connectivity index (χ4n) is 2.34. The zero-order valence-corrected chi connectivity index (χ0v) is 13.2. The van der Waals surface area contributed by atoms with Gasteiger partial charge in [-0.1, -0.05) is 29.8 Å².